The summed E-state index contributed by atoms with van der Waals surface area (Å²) in [6.07, 6.45) is 0. The van der Waals surface area contributed by atoms with Gasteiger partial charge in [0.25, 0.3) is 0 Å². The van der Waals surface area contributed by atoms with Crippen LogP contribution in [0.4, 0.5) is 0 Å². The summed E-state index contributed by atoms with van der Waals surface area (Å²) in [6, 6.07) is 1.77. The van der Waals surface area contributed by atoms with Crippen molar-refractivity contribution in [3.8, 4) is 0 Å². The zero-order chi connectivity index (χ0) is 10.1. The number of aromatic nitrogens is 2. The number of rotatable bonds is 1. The van der Waals surface area contributed by atoms with Gasteiger partial charge in [0, 0.05) is 5.39 Å². The molecule has 0 atom stereocenters. The lowest BCUT2D eigenvalue weighted by atomic mass is 10.3. The Labute approximate surface area is 88.5 Å². The molecule has 0 fully saturated rings. The molecule has 0 aliphatic carbocycles. The number of fused-ring (bicyclic) bond motifs is 1. The third-order valence-corrected chi connectivity index (χ3v) is 2.65. The van der Waals surface area contributed by atoms with Gasteiger partial charge < -0.3 is 4.74 Å². The van der Waals surface area contributed by atoms with Gasteiger partial charge in [0.15, 0.2) is 5.69 Å². The number of methoxy groups -OCH3 is 1. The standard InChI is InChI=1S/C8H5ClN2O2S/c1-13-7(12)5-4-2-3-14-6(4)11-8(9)10-5/h2-3H,1H3. The van der Waals surface area contributed by atoms with Gasteiger partial charge in [-0.2, -0.15) is 0 Å². The van der Waals surface area contributed by atoms with Crippen LogP contribution in [0.25, 0.3) is 10.2 Å². The first-order valence-corrected chi connectivity index (χ1v) is 4.97. The van der Waals surface area contributed by atoms with Gasteiger partial charge >= 0.3 is 5.97 Å². The van der Waals surface area contributed by atoms with E-state index in [9.17, 15) is 4.79 Å². The number of hydrogen-bond donors (Lipinski definition) is 0. The molecule has 72 valence electrons. The molecule has 0 spiro atoms. The lowest BCUT2D eigenvalue weighted by Crippen LogP contribution is -2.05. The maximum absolute atomic E-state index is 11.3. The van der Waals surface area contributed by atoms with Crippen molar-refractivity contribution >= 4 is 39.1 Å². The largest absolute Gasteiger partial charge is 0.464 e. The molecule has 0 saturated heterocycles. The molecule has 0 aliphatic rings. The highest BCUT2D eigenvalue weighted by Gasteiger charge is 2.15. The van der Waals surface area contributed by atoms with Gasteiger partial charge in [-0.15, -0.1) is 11.3 Å². The number of halogens is 1. The van der Waals surface area contributed by atoms with Gasteiger partial charge in [-0.1, -0.05) is 0 Å². The second-order valence-electron chi connectivity index (χ2n) is 2.47. The van der Waals surface area contributed by atoms with E-state index < -0.39 is 5.97 Å². The van der Waals surface area contributed by atoms with Gasteiger partial charge in [-0.05, 0) is 23.0 Å². The zero-order valence-corrected chi connectivity index (χ0v) is 8.72. The van der Waals surface area contributed by atoms with Crippen LogP contribution in [0.15, 0.2) is 11.4 Å². The van der Waals surface area contributed by atoms with E-state index in [1.54, 1.807) is 6.07 Å². The summed E-state index contributed by atoms with van der Waals surface area (Å²) in [6.45, 7) is 0. The molecule has 0 radical (unpaired) electrons. The molecule has 0 unspecified atom stereocenters. The van der Waals surface area contributed by atoms with E-state index in [0.717, 1.165) is 0 Å². The summed E-state index contributed by atoms with van der Waals surface area (Å²) in [4.78, 5) is 19.8. The maximum atomic E-state index is 11.3. The number of ether oxygens (including phenoxy) is 1. The molecule has 0 aromatic carbocycles. The minimum absolute atomic E-state index is 0.0559. The first-order valence-electron chi connectivity index (χ1n) is 3.71. The minimum Gasteiger partial charge on any atom is -0.464 e. The van der Waals surface area contributed by atoms with Crippen molar-refractivity contribution in [3.05, 3.63) is 22.4 Å². The van der Waals surface area contributed by atoms with Crippen molar-refractivity contribution in [2.75, 3.05) is 7.11 Å². The number of carbonyl (C=O) groups is 1. The fraction of sp³-hybridized carbons (Fsp3) is 0.125. The van der Waals surface area contributed by atoms with Gasteiger partial charge in [0.1, 0.15) is 4.83 Å². The van der Waals surface area contributed by atoms with Crippen molar-refractivity contribution in [1.29, 1.82) is 0 Å². The summed E-state index contributed by atoms with van der Waals surface area (Å²) in [5.74, 6) is -0.502. The Morgan fingerprint density at radius 3 is 3.07 bits per heavy atom. The average Bonchev–Trinajstić information content (AvgIpc) is 2.62. The van der Waals surface area contributed by atoms with Gasteiger partial charge in [-0.25, -0.2) is 14.8 Å². The van der Waals surface area contributed by atoms with E-state index >= 15 is 0 Å². The van der Waals surface area contributed by atoms with E-state index in [1.165, 1.54) is 18.4 Å². The molecule has 2 rings (SSSR count). The molecule has 0 saturated carbocycles. The quantitative estimate of drug-likeness (QED) is 0.554. The summed E-state index contributed by atoms with van der Waals surface area (Å²) in [5, 5.41) is 2.55. The summed E-state index contributed by atoms with van der Waals surface area (Å²) < 4.78 is 4.59. The van der Waals surface area contributed by atoms with E-state index in [2.05, 4.69) is 14.7 Å². The second kappa shape index (κ2) is 3.51. The highest BCUT2D eigenvalue weighted by atomic mass is 35.5. The molecule has 0 amide bonds. The van der Waals surface area contributed by atoms with E-state index in [0.29, 0.717) is 10.2 Å². The van der Waals surface area contributed by atoms with Crippen LogP contribution in [0.3, 0.4) is 0 Å². The number of carbonyl (C=O) groups excluding carboxylic acids is 1. The Kier molecular flexibility index (Phi) is 2.35. The molecular weight excluding hydrogens is 224 g/mol. The number of nitrogens with zero attached hydrogens (tertiary/aromatic N) is 2. The lowest BCUT2D eigenvalue weighted by molar-refractivity contribution is 0.0596. The average molecular weight is 229 g/mol. The Morgan fingerprint density at radius 2 is 2.36 bits per heavy atom. The molecule has 0 bridgehead atoms. The predicted octanol–water partition coefficient (Wildman–Crippen LogP) is 2.13. The smallest absolute Gasteiger partial charge is 0.357 e. The normalized spacial score (nSPS) is 10.4. The lowest BCUT2D eigenvalue weighted by Gasteiger charge is -1.99. The molecule has 14 heavy (non-hydrogen) atoms. The van der Waals surface area contributed by atoms with Crippen LogP contribution in [0.2, 0.25) is 5.28 Å². The van der Waals surface area contributed by atoms with Crippen molar-refractivity contribution in [2.24, 2.45) is 0 Å². The fourth-order valence-electron chi connectivity index (χ4n) is 1.08. The van der Waals surface area contributed by atoms with Crippen LogP contribution in [0, 0.1) is 0 Å². The summed E-state index contributed by atoms with van der Waals surface area (Å²) in [5.41, 5.74) is 0.212. The fourth-order valence-corrected chi connectivity index (χ4v) is 2.06. The second-order valence-corrected chi connectivity index (χ2v) is 3.70. The van der Waals surface area contributed by atoms with Crippen LogP contribution in [0.5, 0.6) is 0 Å². The zero-order valence-electron chi connectivity index (χ0n) is 7.15. The van der Waals surface area contributed by atoms with Crippen LogP contribution in [0.1, 0.15) is 10.5 Å². The molecule has 0 N–H and O–H groups in total. The first kappa shape index (κ1) is 9.36. The van der Waals surface area contributed by atoms with Crippen molar-refractivity contribution in [3.63, 3.8) is 0 Å². The number of thiophene rings is 1. The Bertz CT molecular complexity index is 497. The van der Waals surface area contributed by atoms with Crippen LogP contribution >= 0.6 is 22.9 Å². The first-order chi connectivity index (χ1) is 6.72. The molecule has 2 aromatic heterocycles. The van der Waals surface area contributed by atoms with Gasteiger partial charge in [-0.3, -0.25) is 0 Å². The van der Waals surface area contributed by atoms with Crippen molar-refractivity contribution in [2.45, 2.75) is 0 Å². The molecule has 0 aliphatic heterocycles. The number of esters is 1. The predicted molar refractivity (Wildman–Crippen MR) is 53.8 cm³/mol. The summed E-state index contributed by atoms with van der Waals surface area (Å²) in [7, 11) is 1.30. The van der Waals surface area contributed by atoms with Gasteiger partial charge in [0.2, 0.25) is 5.28 Å². The highest BCUT2D eigenvalue weighted by molar-refractivity contribution is 7.16. The molecule has 2 heterocycles. The van der Waals surface area contributed by atoms with Crippen molar-refractivity contribution in [1.82, 2.24) is 9.97 Å². The monoisotopic (exact) mass is 228 g/mol. The van der Waals surface area contributed by atoms with E-state index in [1.807, 2.05) is 5.38 Å². The third kappa shape index (κ3) is 1.44. The number of hydrogen-bond acceptors (Lipinski definition) is 5. The molecule has 4 nitrogen and oxygen atoms in total. The topological polar surface area (TPSA) is 52.1 Å². The molecule has 6 heteroatoms. The minimum atomic E-state index is -0.502. The summed E-state index contributed by atoms with van der Waals surface area (Å²) >= 11 is 7.06. The van der Waals surface area contributed by atoms with Crippen LogP contribution in [-0.2, 0) is 4.74 Å². The maximum Gasteiger partial charge on any atom is 0.357 e. The molecule has 2 aromatic rings. The van der Waals surface area contributed by atoms with Gasteiger partial charge in [0.05, 0.1) is 7.11 Å². The Morgan fingerprint density at radius 1 is 1.57 bits per heavy atom. The highest BCUT2D eigenvalue weighted by Crippen LogP contribution is 2.23. The SMILES string of the molecule is COC(=O)c1nc(Cl)nc2sccc12. The van der Waals surface area contributed by atoms with E-state index in [-0.39, 0.29) is 11.0 Å². The van der Waals surface area contributed by atoms with Crippen molar-refractivity contribution < 1.29 is 9.53 Å². The third-order valence-electron chi connectivity index (χ3n) is 1.68. The van der Waals surface area contributed by atoms with Crippen LogP contribution < -0.4 is 0 Å². The van der Waals surface area contributed by atoms with E-state index in [4.69, 9.17) is 11.6 Å². The Balaban J connectivity index is 2.72. The Hall–Kier alpha value is -1.20. The van der Waals surface area contributed by atoms with Crippen LogP contribution in [-0.4, -0.2) is 23.0 Å². The molecular formula is C8H5ClN2O2S.